The lowest BCUT2D eigenvalue weighted by Crippen LogP contribution is -2.28. The second kappa shape index (κ2) is 6.30. The van der Waals surface area contributed by atoms with Gasteiger partial charge < -0.3 is 11.1 Å². The molecule has 0 spiro atoms. The topological polar surface area (TPSA) is 55.1 Å². The van der Waals surface area contributed by atoms with Gasteiger partial charge in [-0.05, 0) is 19.0 Å². The molecule has 1 unspecified atom stereocenters. The van der Waals surface area contributed by atoms with Gasteiger partial charge in [0.1, 0.15) is 11.6 Å². The Morgan fingerprint density at radius 2 is 2.18 bits per heavy atom. The summed E-state index contributed by atoms with van der Waals surface area (Å²) in [7, 11) is 0. The Kier molecular flexibility index (Phi) is 5.03. The molecule has 0 aliphatic heterocycles. The van der Waals surface area contributed by atoms with E-state index in [0.717, 1.165) is 12.5 Å². The third-order valence-corrected chi connectivity index (χ3v) is 2.38. The van der Waals surface area contributed by atoms with Crippen LogP contribution in [0.5, 0.6) is 0 Å². The molecule has 0 saturated carbocycles. The van der Waals surface area contributed by atoms with E-state index >= 15 is 0 Å². The average molecular weight is 242 g/mol. The van der Waals surface area contributed by atoms with Crippen molar-refractivity contribution in [2.75, 3.05) is 6.54 Å². The first-order valence-electron chi connectivity index (χ1n) is 5.51. The van der Waals surface area contributed by atoms with Gasteiger partial charge in [-0.1, -0.05) is 13.0 Å². The van der Waals surface area contributed by atoms with Crippen molar-refractivity contribution in [1.29, 1.82) is 0 Å². The second-order valence-corrected chi connectivity index (χ2v) is 3.84. The highest BCUT2D eigenvalue weighted by Gasteiger charge is 2.17. The minimum Gasteiger partial charge on any atom is -0.370 e. The van der Waals surface area contributed by atoms with Crippen LogP contribution in [0.3, 0.4) is 0 Å². The number of primary amides is 1. The minimum absolute atomic E-state index is 0.0114. The smallest absolute Gasteiger partial charge is 0.219 e. The summed E-state index contributed by atoms with van der Waals surface area (Å²) >= 11 is 0. The van der Waals surface area contributed by atoms with Gasteiger partial charge in [0.05, 0.1) is 0 Å². The van der Waals surface area contributed by atoms with Crippen LogP contribution in [-0.2, 0) is 4.79 Å². The van der Waals surface area contributed by atoms with Crippen molar-refractivity contribution < 1.29 is 13.6 Å². The summed E-state index contributed by atoms with van der Waals surface area (Å²) < 4.78 is 26.3. The summed E-state index contributed by atoms with van der Waals surface area (Å²) in [5.74, 6) is -1.83. The summed E-state index contributed by atoms with van der Waals surface area (Å²) in [5, 5.41) is 3.01. The molecule has 17 heavy (non-hydrogen) atoms. The van der Waals surface area contributed by atoms with E-state index in [9.17, 15) is 13.6 Å². The van der Waals surface area contributed by atoms with Gasteiger partial charge in [0.15, 0.2) is 0 Å². The molecule has 1 amide bonds. The third kappa shape index (κ3) is 4.11. The predicted octanol–water partition coefficient (Wildman–Crippen LogP) is 1.88. The van der Waals surface area contributed by atoms with E-state index in [1.54, 1.807) is 0 Å². The van der Waals surface area contributed by atoms with Crippen molar-refractivity contribution in [3.05, 3.63) is 35.4 Å². The Bertz CT molecular complexity index is 396. The van der Waals surface area contributed by atoms with Gasteiger partial charge in [0.25, 0.3) is 0 Å². The Morgan fingerprint density at radius 3 is 2.71 bits per heavy atom. The number of rotatable bonds is 6. The highest BCUT2D eigenvalue weighted by molar-refractivity contribution is 5.74. The first-order valence-corrected chi connectivity index (χ1v) is 5.51. The van der Waals surface area contributed by atoms with E-state index in [-0.39, 0.29) is 12.0 Å². The number of amides is 1. The Hall–Kier alpha value is -1.49. The van der Waals surface area contributed by atoms with E-state index < -0.39 is 23.6 Å². The number of halogens is 2. The van der Waals surface area contributed by atoms with Crippen molar-refractivity contribution in [3.8, 4) is 0 Å². The molecule has 3 N–H and O–H groups in total. The highest BCUT2D eigenvalue weighted by atomic mass is 19.1. The fraction of sp³-hybridized carbons (Fsp3) is 0.417. The number of hydrogen-bond acceptors (Lipinski definition) is 2. The Balaban J connectivity index is 2.90. The van der Waals surface area contributed by atoms with Crippen LogP contribution < -0.4 is 11.1 Å². The molecule has 0 aromatic heterocycles. The number of hydrogen-bond donors (Lipinski definition) is 2. The number of nitrogens with two attached hydrogens (primary N) is 1. The molecule has 0 fully saturated rings. The zero-order chi connectivity index (χ0) is 12.8. The van der Waals surface area contributed by atoms with E-state index in [2.05, 4.69) is 5.32 Å². The molecule has 0 heterocycles. The standard InChI is InChI=1S/C12H16F2N2O/c1-2-5-16-11(7-12(15)17)9-4-3-8(13)6-10(9)14/h3-4,6,11,16H,2,5,7H2,1H3,(H2,15,17). The van der Waals surface area contributed by atoms with Crippen molar-refractivity contribution >= 4 is 5.91 Å². The molecule has 5 heteroatoms. The molecule has 1 aromatic rings. The van der Waals surface area contributed by atoms with E-state index in [0.29, 0.717) is 6.54 Å². The van der Waals surface area contributed by atoms with E-state index in [1.165, 1.54) is 12.1 Å². The predicted molar refractivity (Wildman–Crippen MR) is 61.2 cm³/mol. The fourth-order valence-electron chi connectivity index (χ4n) is 1.60. The van der Waals surface area contributed by atoms with Gasteiger partial charge in [0.2, 0.25) is 5.91 Å². The maximum Gasteiger partial charge on any atom is 0.219 e. The molecule has 1 atom stereocenters. The van der Waals surface area contributed by atoms with Crippen LogP contribution in [0, 0.1) is 11.6 Å². The molecule has 0 bridgehead atoms. The molecule has 94 valence electrons. The van der Waals surface area contributed by atoms with Crippen molar-refractivity contribution in [2.45, 2.75) is 25.8 Å². The number of nitrogens with one attached hydrogen (secondary N) is 1. The molecule has 0 radical (unpaired) electrons. The average Bonchev–Trinajstić information content (AvgIpc) is 2.24. The number of benzene rings is 1. The lowest BCUT2D eigenvalue weighted by Gasteiger charge is -2.18. The molecular weight excluding hydrogens is 226 g/mol. The van der Waals surface area contributed by atoms with Crippen molar-refractivity contribution in [3.63, 3.8) is 0 Å². The SMILES string of the molecule is CCCNC(CC(N)=O)c1ccc(F)cc1F. The van der Waals surface area contributed by atoms with Gasteiger partial charge >= 0.3 is 0 Å². The molecule has 0 saturated heterocycles. The van der Waals surface area contributed by atoms with Crippen molar-refractivity contribution in [2.24, 2.45) is 5.73 Å². The second-order valence-electron chi connectivity index (χ2n) is 3.84. The summed E-state index contributed by atoms with van der Waals surface area (Å²) in [5.41, 5.74) is 5.37. The summed E-state index contributed by atoms with van der Waals surface area (Å²) in [6.07, 6.45) is 0.834. The highest BCUT2D eigenvalue weighted by Crippen LogP contribution is 2.20. The first-order chi connectivity index (χ1) is 8.04. The van der Waals surface area contributed by atoms with E-state index in [4.69, 9.17) is 5.73 Å². The Morgan fingerprint density at radius 1 is 1.47 bits per heavy atom. The Labute approximate surface area is 99.0 Å². The monoisotopic (exact) mass is 242 g/mol. The minimum atomic E-state index is -0.667. The molecule has 1 rings (SSSR count). The summed E-state index contributed by atoms with van der Waals surface area (Å²) in [6, 6.07) is 2.80. The largest absolute Gasteiger partial charge is 0.370 e. The zero-order valence-corrected chi connectivity index (χ0v) is 9.67. The van der Waals surface area contributed by atoms with Crippen LogP contribution in [0.25, 0.3) is 0 Å². The van der Waals surface area contributed by atoms with E-state index in [1.807, 2.05) is 6.92 Å². The lowest BCUT2D eigenvalue weighted by atomic mass is 10.0. The third-order valence-electron chi connectivity index (χ3n) is 2.38. The van der Waals surface area contributed by atoms with Gasteiger partial charge in [0, 0.05) is 24.1 Å². The van der Waals surface area contributed by atoms with Gasteiger partial charge in [-0.15, -0.1) is 0 Å². The zero-order valence-electron chi connectivity index (χ0n) is 9.67. The van der Waals surface area contributed by atoms with Crippen LogP contribution in [0.15, 0.2) is 18.2 Å². The maximum atomic E-state index is 13.5. The quantitative estimate of drug-likeness (QED) is 0.800. The number of carbonyl (C=O) groups excluding carboxylic acids is 1. The van der Waals surface area contributed by atoms with Gasteiger partial charge in [-0.2, -0.15) is 0 Å². The first kappa shape index (κ1) is 13.6. The molecule has 1 aromatic carbocycles. The lowest BCUT2D eigenvalue weighted by molar-refractivity contribution is -0.118. The molecule has 0 aliphatic rings. The molecule has 0 aliphatic carbocycles. The molecule has 3 nitrogen and oxygen atoms in total. The number of carbonyl (C=O) groups is 1. The van der Waals surface area contributed by atoms with Gasteiger partial charge in [-0.25, -0.2) is 8.78 Å². The normalized spacial score (nSPS) is 12.4. The molecular formula is C12H16F2N2O. The fourth-order valence-corrected chi connectivity index (χ4v) is 1.60. The van der Waals surface area contributed by atoms with Gasteiger partial charge in [-0.3, -0.25) is 4.79 Å². The summed E-state index contributed by atoms with van der Waals surface area (Å²) in [4.78, 5) is 10.9. The van der Waals surface area contributed by atoms with Crippen LogP contribution in [0.1, 0.15) is 31.4 Å². The van der Waals surface area contributed by atoms with Crippen LogP contribution in [0.4, 0.5) is 8.78 Å². The maximum absolute atomic E-state index is 13.5. The van der Waals surface area contributed by atoms with Crippen molar-refractivity contribution in [1.82, 2.24) is 5.32 Å². The summed E-state index contributed by atoms with van der Waals surface area (Å²) in [6.45, 7) is 2.59. The van der Waals surface area contributed by atoms with Crippen LogP contribution in [-0.4, -0.2) is 12.5 Å². The van der Waals surface area contributed by atoms with Crippen LogP contribution in [0.2, 0.25) is 0 Å². The van der Waals surface area contributed by atoms with Crippen LogP contribution >= 0.6 is 0 Å².